The predicted octanol–water partition coefficient (Wildman–Crippen LogP) is 0.220. The van der Waals surface area contributed by atoms with E-state index in [0.29, 0.717) is 6.04 Å². The molecule has 0 saturated carbocycles. The maximum absolute atomic E-state index is 11.4. The van der Waals surface area contributed by atoms with Gasteiger partial charge in [-0.3, -0.25) is 9.69 Å². The molecule has 0 aromatic carbocycles. The van der Waals surface area contributed by atoms with Gasteiger partial charge in [0.15, 0.2) is 0 Å². The molecular weight excluding hydrogens is 176 g/mol. The second kappa shape index (κ2) is 4.02. The van der Waals surface area contributed by atoms with Crippen LogP contribution in [0.4, 0.5) is 0 Å². The Morgan fingerprint density at radius 1 is 1.64 bits per heavy atom. The molecule has 3 nitrogen and oxygen atoms in total. The van der Waals surface area contributed by atoms with Crippen LogP contribution in [-0.2, 0) is 4.79 Å². The van der Waals surface area contributed by atoms with Crippen LogP contribution in [0.3, 0.4) is 0 Å². The van der Waals surface area contributed by atoms with Gasteiger partial charge in [0.2, 0.25) is 5.91 Å². The van der Waals surface area contributed by atoms with Gasteiger partial charge in [-0.15, -0.1) is 12.3 Å². The number of carbonyl (C=O) groups excluding carboxylic acids is 1. The van der Waals surface area contributed by atoms with E-state index in [4.69, 9.17) is 6.42 Å². The molecule has 2 heterocycles. The Morgan fingerprint density at radius 3 is 3.29 bits per heavy atom. The third kappa shape index (κ3) is 1.62. The summed E-state index contributed by atoms with van der Waals surface area (Å²) in [4.78, 5) is 13.8. The first-order valence-corrected chi connectivity index (χ1v) is 5.28. The number of piperidine rings is 1. The average molecular weight is 192 g/mol. The van der Waals surface area contributed by atoms with Crippen molar-refractivity contribution in [1.29, 1.82) is 0 Å². The molecular formula is C11H16N2O. The Kier molecular flexibility index (Phi) is 2.74. The molecule has 2 saturated heterocycles. The third-order valence-electron chi connectivity index (χ3n) is 3.26. The lowest BCUT2D eigenvalue weighted by molar-refractivity contribution is -0.124. The summed E-state index contributed by atoms with van der Waals surface area (Å²) in [6, 6.07) is 0.407. The highest BCUT2D eigenvalue weighted by atomic mass is 16.2. The number of nitrogens with zero attached hydrogens (tertiary/aromatic N) is 1. The fourth-order valence-corrected chi connectivity index (χ4v) is 2.53. The molecule has 14 heavy (non-hydrogen) atoms. The normalized spacial score (nSPS) is 32.1. The fourth-order valence-electron chi connectivity index (χ4n) is 2.53. The summed E-state index contributed by atoms with van der Waals surface area (Å²) in [6.45, 7) is 2.85. The fraction of sp³-hybridized carbons (Fsp3) is 0.727. The summed E-state index contributed by atoms with van der Waals surface area (Å²) >= 11 is 0. The minimum Gasteiger partial charge on any atom is -0.354 e. The number of fused-ring (bicyclic) bond motifs is 1. The van der Waals surface area contributed by atoms with Crippen LogP contribution in [0.25, 0.3) is 0 Å². The molecule has 0 radical (unpaired) electrons. The van der Waals surface area contributed by atoms with Crippen molar-refractivity contribution in [3.05, 3.63) is 0 Å². The molecule has 2 fully saturated rings. The molecule has 0 aliphatic carbocycles. The van der Waals surface area contributed by atoms with Crippen LogP contribution < -0.4 is 5.32 Å². The number of rotatable bonds is 2. The van der Waals surface area contributed by atoms with E-state index in [0.717, 1.165) is 38.9 Å². The highest BCUT2D eigenvalue weighted by Crippen LogP contribution is 2.27. The molecule has 2 rings (SSSR count). The minimum atomic E-state index is 0.224. The number of likely N-dealkylation sites (tertiary alicyclic amines) is 1. The molecule has 1 amide bonds. The molecule has 76 valence electrons. The van der Waals surface area contributed by atoms with E-state index in [-0.39, 0.29) is 11.8 Å². The first kappa shape index (κ1) is 9.54. The summed E-state index contributed by atoms with van der Waals surface area (Å²) in [6.07, 6.45) is 8.21. The van der Waals surface area contributed by atoms with Crippen LogP contribution in [0.15, 0.2) is 0 Å². The van der Waals surface area contributed by atoms with Crippen molar-refractivity contribution >= 4 is 5.91 Å². The van der Waals surface area contributed by atoms with E-state index >= 15 is 0 Å². The Balaban J connectivity index is 1.98. The molecule has 1 N–H and O–H groups in total. The van der Waals surface area contributed by atoms with Gasteiger partial charge in [-0.25, -0.2) is 0 Å². The van der Waals surface area contributed by atoms with E-state index in [2.05, 4.69) is 16.1 Å². The zero-order chi connectivity index (χ0) is 9.97. The van der Waals surface area contributed by atoms with Crippen molar-refractivity contribution in [3.8, 4) is 12.3 Å². The van der Waals surface area contributed by atoms with E-state index in [1.807, 2.05) is 0 Å². The molecule has 2 aliphatic rings. The largest absolute Gasteiger partial charge is 0.354 e. The molecule has 2 unspecified atom stereocenters. The number of amides is 1. The first-order valence-electron chi connectivity index (χ1n) is 5.28. The lowest BCUT2D eigenvalue weighted by Crippen LogP contribution is -2.45. The minimum absolute atomic E-state index is 0.224. The third-order valence-corrected chi connectivity index (χ3v) is 3.26. The van der Waals surface area contributed by atoms with Crippen molar-refractivity contribution in [1.82, 2.24) is 10.2 Å². The summed E-state index contributed by atoms with van der Waals surface area (Å²) in [5, 5.41) is 2.94. The standard InChI is InChI=1S/C11H16N2O/c1-2-3-6-13-7-4-5-9-10(13)8-12-11(9)14/h1,9-10H,3-8H2,(H,12,14). The van der Waals surface area contributed by atoms with Crippen LogP contribution in [0.1, 0.15) is 19.3 Å². The van der Waals surface area contributed by atoms with Gasteiger partial charge in [0.05, 0.1) is 5.92 Å². The van der Waals surface area contributed by atoms with E-state index in [9.17, 15) is 4.79 Å². The van der Waals surface area contributed by atoms with Gasteiger partial charge in [0.25, 0.3) is 0 Å². The summed E-state index contributed by atoms with van der Waals surface area (Å²) in [5.41, 5.74) is 0. The first-order chi connectivity index (χ1) is 6.83. The molecule has 0 aromatic heterocycles. The lowest BCUT2D eigenvalue weighted by atomic mass is 9.91. The highest BCUT2D eigenvalue weighted by Gasteiger charge is 2.40. The maximum Gasteiger partial charge on any atom is 0.224 e. The van der Waals surface area contributed by atoms with Crippen molar-refractivity contribution < 1.29 is 4.79 Å². The van der Waals surface area contributed by atoms with Gasteiger partial charge in [-0.1, -0.05) is 0 Å². The Hall–Kier alpha value is -1.01. The molecule has 0 aromatic rings. The van der Waals surface area contributed by atoms with Crippen molar-refractivity contribution in [2.24, 2.45) is 5.92 Å². The van der Waals surface area contributed by atoms with Crippen LogP contribution in [0.2, 0.25) is 0 Å². The van der Waals surface area contributed by atoms with Crippen LogP contribution in [0.5, 0.6) is 0 Å². The average Bonchev–Trinajstić information content (AvgIpc) is 2.58. The van der Waals surface area contributed by atoms with E-state index in [1.165, 1.54) is 0 Å². The predicted molar refractivity (Wildman–Crippen MR) is 54.5 cm³/mol. The van der Waals surface area contributed by atoms with Gasteiger partial charge in [-0.2, -0.15) is 0 Å². The number of hydrogen-bond acceptors (Lipinski definition) is 2. The van der Waals surface area contributed by atoms with Gasteiger partial charge in [-0.05, 0) is 19.4 Å². The SMILES string of the molecule is C#CCCN1CCCC2C(=O)NCC21. The number of carbonyl (C=O) groups is 1. The smallest absolute Gasteiger partial charge is 0.224 e. The van der Waals surface area contributed by atoms with Gasteiger partial charge >= 0.3 is 0 Å². The van der Waals surface area contributed by atoms with Crippen LogP contribution >= 0.6 is 0 Å². The number of hydrogen-bond donors (Lipinski definition) is 1. The summed E-state index contributed by atoms with van der Waals surface area (Å²) in [7, 11) is 0. The van der Waals surface area contributed by atoms with Crippen LogP contribution in [-0.4, -0.2) is 36.5 Å². The zero-order valence-corrected chi connectivity index (χ0v) is 8.33. The monoisotopic (exact) mass is 192 g/mol. The van der Waals surface area contributed by atoms with Crippen molar-refractivity contribution in [3.63, 3.8) is 0 Å². The van der Waals surface area contributed by atoms with Gasteiger partial charge in [0.1, 0.15) is 0 Å². The second-order valence-corrected chi connectivity index (χ2v) is 4.05. The number of terminal acetylenes is 1. The second-order valence-electron chi connectivity index (χ2n) is 4.05. The molecule has 2 atom stereocenters. The molecule has 0 bridgehead atoms. The lowest BCUT2D eigenvalue weighted by Gasteiger charge is -2.35. The highest BCUT2D eigenvalue weighted by molar-refractivity contribution is 5.82. The zero-order valence-electron chi connectivity index (χ0n) is 8.33. The Morgan fingerprint density at radius 2 is 2.50 bits per heavy atom. The van der Waals surface area contributed by atoms with Crippen molar-refractivity contribution in [2.45, 2.75) is 25.3 Å². The van der Waals surface area contributed by atoms with Crippen LogP contribution in [0, 0.1) is 18.3 Å². The Bertz CT molecular complexity index is 269. The maximum atomic E-state index is 11.4. The van der Waals surface area contributed by atoms with E-state index in [1.54, 1.807) is 0 Å². The molecule has 3 heteroatoms. The topological polar surface area (TPSA) is 32.3 Å². The Labute approximate surface area is 84.8 Å². The molecule has 0 spiro atoms. The van der Waals surface area contributed by atoms with Crippen molar-refractivity contribution in [2.75, 3.05) is 19.6 Å². The quantitative estimate of drug-likeness (QED) is 0.635. The number of nitrogens with one attached hydrogen (secondary N) is 1. The summed E-state index contributed by atoms with van der Waals surface area (Å²) < 4.78 is 0. The van der Waals surface area contributed by atoms with Gasteiger partial charge in [0, 0.05) is 25.6 Å². The van der Waals surface area contributed by atoms with Gasteiger partial charge < -0.3 is 5.32 Å². The summed E-state index contributed by atoms with van der Waals surface area (Å²) in [5.74, 6) is 3.12. The van der Waals surface area contributed by atoms with E-state index < -0.39 is 0 Å². The molecule has 2 aliphatic heterocycles.